The molecule has 0 saturated carbocycles. The van der Waals surface area contributed by atoms with Crippen molar-refractivity contribution in [3.8, 4) is 10.8 Å². The predicted octanol–water partition coefficient (Wildman–Crippen LogP) is 3.45. The lowest BCUT2D eigenvalue weighted by molar-refractivity contribution is 0.503. The fraction of sp³-hybridized carbons (Fsp3) is 0.214. The van der Waals surface area contributed by atoms with E-state index in [0.29, 0.717) is 0 Å². The first-order chi connectivity index (χ1) is 8.72. The minimum Gasteiger partial charge on any atom is -0.459 e. The summed E-state index contributed by atoms with van der Waals surface area (Å²) in [5, 5.41) is 0.923. The maximum atomic E-state index is 5.78. The van der Waals surface area contributed by atoms with Crippen LogP contribution in [0.15, 0.2) is 40.8 Å². The normalized spacial score (nSPS) is 13.0. The molecule has 0 bridgehead atoms. The van der Waals surface area contributed by atoms with Crippen LogP contribution in [0.2, 0.25) is 0 Å². The summed E-state index contributed by atoms with van der Waals surface area (Å²) in [5.74, 6) is 1.74. The first kappa shape index (κ1) is 11.4. The van der Waals surface area contributed by atoms with Gasteiger partial charge in [-0.05, 0) is 31.2 Å². The molecule has 3 nitrogen and oxygen atoms in total. The number of furan rings is 1. The molecule has 3 rings (SSSR count). The topological polar surface area (TPSA) is 52.0 Å². The van der Waals surface area contributed by atoms with E-state index < -0.39 is 0 Å². The summed E-state index contributed by atoms with van der Waals surface area (Å²) in [6, 6.07) is 12.2. The molecule has 0 spiro atoms. The first-order valence-corrected chi connectivity index (χ1v) is 6.74. The summed E-state index contributed by atoms with van der Waals surface area (Å²) in [7, 11) is 0. The fourth-order valence-corrected chi connectivity index (χ4v) is 2.82. The Labute approximate surface area is 109 Å². The molecule has 4 heteroatoms. The number of rotatable bonds is 3. The van der Waals surface area contributed by atoms with Crippen LogP contribution in [-0.2, 0) is 6.42 Å². The van der Waals surface area contributed by atoms with E-state index in [2.05, 4.69) is 11.1 Å². The molecule has 0 fully saturated rings. The lowest BCUT2D eigenvalue weighted by Crippen LogP contribution is -2.17. The van der Waals surface area contributed by atoms with Crippen molar-refractivity contribution >= 4 is 21.6 Å². The quantitative estimate of drug-likeness (QED) is 0.783. The standard InChI is InChI=1S/C14H14N2OS/c1-9(15)8-10-6-7-12(17-10)14-16-11-4-2-3-5-13(11)18-14/h2-7,9H,8,15H2,1H3. The Morgan fingerprint density at radius 1 is 1.28 bits per heavy atom. The molecule has 0 aliphatic carbocycles. The number of aromatic nitrogens is 1. The Morgan fingerprint density at radius 3 is 2.89 bits per heavy atom. The highest BCUT2D eigenvalue weighted by molar-refractivity contribution is 7.21. The number of para-hydroxylation sites is 1. The van der Waals surface area contributed by atoms with Crippen LogP contribution >= 0.6 is 11.3 Å². The van der Waals surface area contributed by atoms with E-state index >= 15 is 0 Å². The molecule has 18 heavy (non-hydrogen) atoms. The second-order valence-electron chi connectivity index (χ2n) is 4.43. The van der Waals surface area contributed by atoms with Crippen molar-refractivity contribution < 1.29 is 4.42 Å². The molecular weight excluding hydrogens is 244 g/mol. The van der Waals surface area contributed by atoms with Crippen LogP contribution in [0.3, 0.4) is 0 Å². The van der Waals surface area contributed by atoms with Gasteiger partial charge in [0.15, 0.2) is 10.8 Å². The maximum Gasteiger partial charge on any atom is 0.162 e. The van der Waals surface area contributed by atoms with Crippen LogP contribution < -0.4 is 5.73 Å². The highest BCUT2D eigenvalue weighted by atomic mass is 32.1. The van der Waals surface area contributed by atoms with Crippen molar-refractivity contribution in [3.05, 3.63) is 42.2 Å². The van der Waals surface area contributed by atoms with E-state index in [1.807, 2.05) is 37.3 Å². The van der Waals surface area contributed by atoms with Gasteiger partial charge in [-0.1, -0.05) is 12.1 Å². The molecule has 0 saturated heterocycles. The third kappa shape index (κ3) is 2.17. The first-order valence-electron chi connectivity index (χ1n) is 5.92. The van der Waals surface area contributed by atoms with Crippen molar-refractivity contribution in [2.75, 3.05) is 0 Å². The molecule has 2 N–H and O–H groups in total. The average molecular weight is 258 g/mol. The minimum atomic E-state index is 0.111. The maximum absolute atomic E-state index is 5.78. The SMILES string of the molecule is CC(N)Cc1ccc(-c2nc3ccccc3s2)o1. The Balaban J connectivity index is 1.96. The molecule has 1 aromatic carbocycles. The molecule has 2 heterocycles. The number of fused-ring (bicyclic) bond motifs is 1. The Kier molecular flexibility index (Phi) is 2.89. The van der Waals surface area contributed by atoms with E-state index in [1.54, 1.807) is 11.3 Å². The van der Waals surface area contributed by atoms with E-state index in [0.717, 1.165) is 28.5 Å². The lowest BCUT2D eigenvalue weighted by atomic mass is 10.2. The van der Waals surface area contributed by atoms with Crippen molar-refractivity contribution in [3.63, 3.8) is 0 Å². The Morgan fingerprint density at radius 2 is 2.11 bits per heavy atom. The summed E-state index contributed by atoms with van der Waals surface area (Å²) in [4.78, 5) is 4.57. The zero-order valence-electron chi connectivity index (χ0n) is 10.1. The van der Waals surface area contributed by atoms with E-state index in [-0.39, 0.29) is 6.04 Å². The van der Waals surface area contributed by atoms with Crippen molar-refractivity contribution in [2.24, 2.45) is 5.73 Å². The molecule has 3 aromatic rings. The number of nitrogens with two attached hydrogens (primary N) is 1. The van der Waals surface area contributed by atoms with E-state index in [4.69, 9.17) is 10.2 Å². The number of thiazole rings is 1. The molecule has 0 radical (unpaired) electrons. The van der Waals surface area contributed by atoms with E-state index in [1.165, 1.54) is 4.70 Å². The molecule has 92 valence electrons. The highest BCUT2D eigenvalue weighted by Crippen LogP contribution is 2.31. The largest absolute Gasteiger partial charge is 0.459 e. The lowest BCUT2D eigenvalue weighted by Gasteiger charge is -1.99. The second kappa shape index (κ2) is 4.55. The predicted molar refractivity (Wildman–Crippen MR) is 74.7 cm³/mol. The van der Waals surface area contributed by atoms with Crippen LogP contribution in [0, 0.1) is 0 Å². The number of hydrogen-bond acceptors (Lipinski definition) is 4. The summed E-state index contributed by atoms with van der Waals surface area (Å²) in [5.41, 5.74) is 6.78. The van der Waals surface area contributed by atoms with Crippen LogP contribution in [0.25, 0.3) is 21.0 Å². The number of nitrogens with zero attached hydrogens (tertiary/aromatic N) is 1. The van der Waals surface area contributed by atoms with Gasteiger partial charge >= 0.3 is 0 Å². The molecule has 1 unspecified atom stereocenters. The van der Waals surface area contributed by atoms with Crippen LogP contribution in [0.5, 0.6) is 0 Å². The van der Waals surface area contributed by atoms with Crippen LogP contribution in [-0.4, -0.2) is 11.0 Å². The van der Waals surface area contributed by atoms with Crippen LogP contribution in [0.4, 0.5) is 0 Å². The van der Waals surface area contributed by atoms with Gasteiger partial charge in [-0.2, -0.15) is 0 Å². The summed E-state index contributed by atoms with van der Waals surface area (Å²) in [6.45, 7) is 1.97. The van der Waals surface area contributed by atoms with Gasteiger partial charge in [0.1, 0.15) is 5.76 Å². The average Bonchev–Trinajstić information content (AvgIpc) is 2.93. The number of hydrogen-bond donors (Lipinski definition) is 1. The van der Waals surface area contributed by atoms with Gasteiger partial charge in [-0.15, -0.1) is 11.3 Å². The summed E-state index contributed by atoms with van der Waals surface area (Å²) in [6.07, 6.45) is 0.755. The zero-order valence-corrected chi connectivity index (χ0v) is 10.9. The second-order valence-corrected chi connectivity index (χ2v) is 5.46. The third-order valence-electron chi connectivity index (χ3n) is 2.69. The van der Waals surface area contributed by atoms with Crippen molar-refractivity contribution in [1.29, 1.82) is 0 Å². The van der Waals surface area contributed by atoms with Gasteiger partial charge in [-0.3, -0.25) is 0 Å². The van der Waals surface area contributed by atoms with Gasteiger partial charge < -0.3 is 10.2 Å². The van der Waals surface area contributed by atoms with E-state index in [9.17, 15) is 0 Å². The number of benzene rings is 1. The monoisotopic (exact) mass is 258 g/mol. The zero-order chi connectivity index (χ0) is 12.5. The molecule has 0 aliphatic rings. The minimum absolute atomic E-state index is 0.111. The summed E-state index contributed by atoms with van der Waals surface area (Å²) < 4.78 is 6.96. The molecule has 0 amide bonds. The fourth-order valence-electron chi connectivity index (χ4n) is 1.90. The Bertz CT molecular complexity index is 636. The van der Waals surface area contributed by atoms with Crippen molar-refractivity contribution in [2.45, 2.75) is 19.4 Å². The van der Waals surface area contributed by atoms with Gasteiger partial charge in [0.25, 0.3) is 0 Å². The van der Waals surface area contributed by atoms with Crippen molar-refractivity contribution in [1.82, 2.24) is 4.98 Å². The molecular formula is C14H14N2OS. The summed E-state index contributed by atoms with van der Waals surface area (Å²) >= 11 is 1.65. The highest BCUT2D eigenvalue weighted by Gasteiger charge is 2.10. The van der Waals surface area contributed by atoms with Gasteiger partial charge in [0, 0.05) is 12.5 Å². The smallest absolute Gasteiger partial charge is 0.162 e. The van der Waals surface area contributed by atoms with Gasteiger partial charge in [0.2, 0.25) is 0 Å². The molecule has 2 aromatic heterocycles. The van der Waals surface area contributed by atoms with Gasteiger partial charge in [-0.25, -0.2) is 4.98 Å². The van der Waals surface area contributed by atoms with Gasteiger partial charge in [0.05, 0.1) is 10.2 Å². The third-order valence-corrected chi connectivity index (χ3v) is 3.74. The molecule has 0 aliphatic heterocycles. The Hall–Kier alpha value is -1.65. The molecule has 1 atom stereocenters. The van der Waals surface area contributed by atoms with Crippen LogP contribution in [0.1, 0.15) is 12.7 Å².